The minimum absolute atomic E-state index is 0.239. The van der Waals surface area contributed by atoms with Crippen LogP contribution in [0.25, 0.3) is 0 Å². The molecule has 1 amide bonds. The molecule has 8 heteroatoms. The van der Waals surface area contributed by atoms with Gasteiger partial charge in [-0.15, -0.1) is 21.5 Å². The summed E-state index contributed by atoms with van der Waals surface area (Å²) in [5, 5.41) is 10.6. The van der Waals surface area contributed by atoms with E-state index in [2.05, 4.69) is 44.5 Å². The fourth-order valence-electron chi connectivity index (χ4n) is 2.03. The summed E-state index contributed by atoms with van der Waals surface area (Å²) >= 11 is 3.05. The van der Waals surface area contributed by atoms with Crippen molar-refractivity contribution in [1.29, 1.82) is 0 Å². The standard InChI is InChI=1S/C15H15N5OS2/c1-10-3-5-12(23-10)8-20(2)13-6-4-11(7-16-13)14(21)18-15-19-17-9-22-15/h3-7,9H,8H2,1-2H3,(H,18,19,21). The van der Waals surface area contributed by atoms with Crippen LogP contribution in [0.1, 0.15) is 20.1 Å². The number of carbonyl (C=O) groups excluding carboxylic acids is 1. The van der Waals surface area contributed by atoms with Crippen LogP contribution in [0.5, 0.6) is 0 Å². The van der Waals surface area contributed by atoms with E-state index in [-0.39, 0.29) is 5.91 Å². The Morgan fingerprint density at radius 3 is 2.78 bits per heavy atom. The van der Waals surface area contributed by atoms with Crippen LogP contribution >= 0.6 is 22.7 Å². The Bertz CT molecular complexity index is 783. The molecule has 0 unspecified atom stereocenters. The SMILES string of the molecule is Cc1ccc(CN(C)c2ccc(C(=O)Nc3nncs3)cn2)s1. The van der Waals surface area contributed by atoms with Crippen molar-refractivity contribution in [2.24, 2.45) is 0 Å². The summed E-state index contributed by atoms with van der Waals surface area (Å²) in [6.45, 7) is 2.89. The quantitative estimate of drug-likeness (QED) is 0.769. The number of aromatic nitrogens is 3. The zero-order chi connectivity index (χ0) is 16.2. The predicted octanol–water partition coefficient (Wildman–Crippen LogP) is 3.19. The normalized spacial score (nSPS) is 10.5. The molecule has 0 radical (unpaired) electrons. The van der Waals surface area contributed by atoms with Gasteiger partial charge in [0.05, 0.1) is 12.1 Å². The molecule has 3 rings (SSSR count). The second kappa shape index (κ2) is 6.84. The van der Waals surface area contributed by atoms with Crippen LogP contribution < -0.4 is 10.2 Å². The molecule has 3 heterocycles. The van der Waals surface area contributed by atoms with E-state index in [4.69, 9.17) is 0 Å². The van der Waals surface area contributed by atoms with Gasteiger partial charge in [0.15, 0.2) is 0 Å². The lowest BCUT2D eigenvalue weighted by molar-refractivity contribution is 0.102. The van der Waals surface area contributed by atoms with Gasteiger partial charge in [0, 0.05) is 23.0 Å². The van der Waals surface area contributed by atoms with E-state index in [1.165, 1.54) is 21.1 Å². The number of rotatable bonds is 5. The number of carbonyl (C=O) groups is 1. The molecule has 3 aromatic heterocycles. The lowest BCUT2D eigenvalue weighted by Crippen LogP contribution is -2.18. The van der Waals surface area contributed by atoms with Crippen molar-refractivity contribution in [3.63, 3.8) is 0 Å². The predicted molar refractivity (Wildman–Crippen MR) is 93.3 cm³/mol. The highest BCUT2D eigenvalue weighted by molar-refractivity contribution is 7.13. The molecular weight excluding hydrogens is 330 g/mol. The monoisotopic (exact) mass is 345 g/mol. The molecule has 0 saturated heterocycles. The molecule has 0 spiro atoms. The number of anilines is 2. The van der Waals surface area contributed by atoms with Gasteiger partial charge < -0.3 is 4.90 Å². The number of thiophene rings is 1. The first kappa shape index (κ1) is 15.6. The van der Waals surface area contributed by atoms with Gasteiger partial charge >= 0.3 is 0 Å². The van der Waals surface area contributed by atoms with E-state index in [0.717, 1.165) is 12.4 Å². The third kappa shape index (κ3) is 3.91. The van der Waals surface area contributed by atoms with E-state index in [1.54, 1.807) is 29.1 Å². The summed E-state index contributed by atoms with van der Waals surface area (Å²) in [4.78, 5) is 21.1. The molecule has 0 aromatic carbocycles. The fourth-order valence-corrected chi connectivity index (χ4v) is 3.41. The van der Waals surface area contributed by atoms with Gasteiger partial charge in [-0.25, -0.2) is 4.98 Å². The molecule has 0 aliphatic carbocycles. The van der Waals surface area contributed by atoms with Gasteiger partial charge in [-0.05, 0) is 31.2 Å². The topological polar surface area (TPSA) is 71.0 Å². The first-order valence-electron chi connectivity index (χ1n) is 6.92. The van der Waals surface area contributed by atoms with E-state index in [9.17, 15) is 4.79 Å². The fraction of sp³-hybridized carbons (Fsp3) is 0.200. The maximum Gasteiger partial charge on any atom is 0.259 e. The first-order chi connectivity index (χ1) is 11.1. The summed E-state index contributed by atoms with van der Waals surface area (Å²) in [6, 6.07) is 7.84. The van der Waals surface area contributed by atoms with Crippen molar-refractivity contribution < 1.29 is 4.79 Å². The molecule has 0 bridgehead atoms. The Labute approximate surface area is 141 Å². The summed E-state index contributed by atoms with van der Waals surface area (Å²) in [5.41, 5.74) is 2.06. The van der Waals surface area contributed by atoms with Crippen LogP contribution in [0.4, 0.5) is 10.9 Å². The van der Waals surface area contributed by atoms with Crippen LogP contribution in [0, 0.1) is 6.92 Å². The van der Waals surface area contributed by atoms with Crippen molar-refractivity contribution in [1.82, 2.24) is 15.2 Å². The van der Waals surface area contributed by atoms with Crippen LogP contribution in [-0.4, -0.2) is 28.1 Å². The third-order valence-corrected chi connectivity index (χ3v) is 4.76. The van der Waals surface area contributed by atoms with Gasteiger partial charge in [0.2, 0.25) is 5.13 Å². The molecule has 23 heavy (non-hydrogen) atoms. The van der Waals surface area contributed by atoms with Crippen molar-refractivity contribution in [2.45, 2.75) is 13.5 Å². The average molecular weight is 345 g/mol. The second-order valence-electron chi connectivity index (χ2n) is 4.97. The van der Waals surface area contributed by atoms with Crippen LogP contribution in [0.2, 0.25) is 0 Å². The average Bonchev–Trinajstić information content (AvgIpc) is 3.19. The van der Waals surface area contributed by atoms with E-state index >= 15 is 0 Å². The van der Waals surface area contributed by atoms with Gasteiger partial charge in [-0.3, -0.25) is 10.1 Å². The number of amides is 1. The molecule has 0 saturated carbocycles. The number of nitrogens with zero attached hydrogens (tertiary/aromatic N) is 4. The Hall–Kier alpha value is -2.32. The lowest BCUT2D eigenvalue weighted by atomic mass is 10.2. The Morgan fingerprint density at radius 1 is 1.30 bits per heavy atom. The summed E-state index contributed by atoms with van der Waals surface area (Å²) in [7, 11) is 1.98. The molecule has 0 aliphatic heterocycles. The highest BCUT2D eigenvalue weighted by atomic mass is 32.1. The van der Waals surface area contributed by atoms with Crippen LogP contribution in [-0.2, 0) is 6.54 Å². The van der Waals surface area contributed by atoms with Gasteiger partial charge in [0.1, 0.15) is 11.3 Å². The Morgan fingerprint density at radius 2 is 2.17 bits per heavy atom. The zero-order valence-corrected chi connectivity index (χ0v) is 14.3. The smallest absolute Gasteiger partial charge is 0.259 e. The lowest BCUT2D eigenvalue weighted by Gasteiger charge is -2.17. The minimum atomic E-state index is -0.239. The zero-order valence-electron chi connectivity index (χ0n) is 12.7. The maximum absolute atomic E-state index is 12.1. The molecule has 6 nitrogen and oxygen atoms in total. The van der Waals surface area contributed by atoms with Crippen molar-refractivity contribution in [3.05, 3.63) is 51.3 Å². The summed E-state index contributed by atoms with van der Waals surface area (Å²) in [6.07, 6.45) is 1.57. The molecule has 1 N–H and O–H groups in total. The van der Waals surface area contributed by atoms with Gasteiger partial charge in [0.25, 0.3) is 5.91 Å². The van der Waals surface area contributed by atoms with Crippen molar-refractivity contribution in [3.8, 4) is 0 Å². The number of pyridine rings is 1. The largest absolute Gasteiger partial charge is 0.355 e. The highest BCUT2D eigenvalue weighted by Gasteiger charge is 2.10. The highest BCUT2D eigenvalue weighted by Crippen LogP contribution is 2.19. The number of hydrogen-bond donors (Lipinski definition) is 1. The maximum atomic E-state index is 12.1. The molecule has 0 fully saturated rings. The van der Waals surface area contributed by atoms with Crippen LogP contribution in [0.3, 0.4) is 0 Å². The van der Waals surface area contributed by atoms with E-state index in [0.29, 0.717) is 10.7 Å². The van der Waals surface area contributed by atoms with Gasteiger partial charge in [-0.2, -0.15) is 0 Å². The van der Waals surface area contributed by atoms with E-state index < -0.39 is 0 Å². The number of nitrogens with one attached hydrogen (secondary N) is 1. The summed E-state index contributed by atoms with van der Waals surface area (Å²) < 4.78 is 0. The minimum Gasteiger partial charge on any atom is -0.355 e. The van der Waals surface area contributed by atoms with Gasteiger partial charge in [-0.1, -0.05) is 11.3 Å². The van der Waals surface area contributed by atoms with Crippen molar-refractivity contribution in [2.75, 3.05) is 17.3 Å². The number of hydrogen-bond acceptors (Lipinski definition) is 7. The second-order valence-corrected chi connectivity index (χ2v) is 7.18. The first-order valence-corrected chi connectivity index (χ1v) is 8.61. The Balaban J connectivity index is 1.65. The molecule has 0 atom stereocenters. The third-order valence-electron chi connectivity index (χ3n) is 3.17. The number of aryl methyl sites for hydroxylation is 1. The molecule has 3 aromatic rings. The molecule has 0 aliphatic rings. The van der Waals surface area contributed by atoms with Crippen LogP contribution in [0.15, 0.2) is 36.0 Å². The van der Waals surface area contributed by atoms with Crippen molar-refractivity contribution >= 4 is 39.5 Å². The van der Waals surface area contributed by atoms with E-state index in [1.807, 2.05) is 13.1 Å². The molecular formula is C15H15N5OS2. The summed E-state index contributed by atoms with van der Waals surface area (Å²) in [5.74, 6) is 0.584. The Kier molecular flexibility index (Phi) is 4.63. The molecule has 118 valence electrons.